The van der Waals surface area contributed by atoms with Crippen LogP contribution in [0.2, 0.25) is 0 Å². The lowest BCUT2D eigenvalue weighted by Crippen LogP contribution is -2.57. The fourth-order valence-corrected chi connectivity index (χ4v) is 4.90. The average Bonchev–Trinajstić information content (AvgIpc) is 2.77. The van der Waals surface area contributed by atoms with Gasteiger partial charge in [-0.1, -0.05) is 18.2 Å². The fraction of sp³-hybridized carbons (Fsp3) is 0.588. The molecule has 1 unspecified atom stereocenters. The number of hydrogen-bond donors (Lipinski definition) is 2. The summed E-state index contributed by atoms with van der Waals surface area (Å²) in [6.45, 7) is 1.67. The summed E-state index contributed by atoms with van der Waals surface area (Å²) >= 11 is 0. The number of benzene rings is 1. The van der Waals surface area contributed by atoms with E-state index in [1.807, 2.05) is 24.3 Å². The van der Waals surface area contributed by atoms with Crippen molar-refractivity contribution in [3.05, 3.63) is 29.8 Å². The van der Waals surface area contributed by atoms with E-state index in [1.54, 1.807) is 0 Å². The minimum absolute atomic E-state index is 0. The molecule has 140 valence electrons. The van der Waals surface area contributed by atoms with E-state index in [2.05, 4.69) is 10.6 Å². The molecule has 2 aliphatic rings. The molecule has 1 aromatic rings. The van der Waals surface area contributed by atoms with E-state index in [9.17, 15) is 13.2 Å². The van der Waals surface area contributed by atoms with E-state index in [1.165, 1.54) is 6.26 Å². The predicted molar refractivity (Wildman–Crippen MR) is 99.0 cm³/mol. The lowest BCUT2D eigenvalue weighted by atomic mass is 9.94. The summed E-state index contributed by atoms with van der Waals surface area (Å²) in [6.07, 6.45) is 3.33. The van der Waals surface area contributed by atoms with Crippen molar-refractivity contribution in [2.45, 2.75) is 36.5 Å². The molecule has 2 N–H and O–H groups in total. The minimum atomic E-state index is -3.51. The number of carbonyl (C=O) groups excluding carboxylic acids is 1. The maximum Gasteiger partial charge on any atom is 0.242 e. The van der Waals surface area contributed by atoms with Crippen LogP contribution >= 0.6 is 12.4 Å². The Balaban J connectivity index is 0.00000225. The summed E-state index contributed by atoms with van der Waals surface area (Å²) in [6, 6.07) is 7.40. The molecule has 0 radical (unpaired) electrons. The molecule has 8 heteroatoms. The van der Waals surface area contributed by atoms with Crippen LogP contribution in [0.4, 0.5) is 0 Å². The molecule has 1 fully saturated rings. The van der Waals surface area contributed by atoms with Crippen LogP contribution in [0.3, 0.4) is 0 Å². The van der Waals surface area contributed by atoms with Gasteiger partial charge in [0.1, 0.15) is 5.75 Å². The van der Waals surface area contributed by atoms with Crippen molar-refractivity contribution in [2.24, 2.45) is 0 Å². The van der Waals surface area contributed by atoms with Gasteiger partial charge >= 0.3 is 0 Å². The Hall–Kier alpha value is -1.31. The third-order valence-electron chi connectivity index (χ3n) is 5.03. The van der Waals surface area contributed by atoms with E-state index in [4.69, 9.17) is 4.74 Å². The molecule has 6 nitrogen and oxygen atoms in total. The van der Waals surface area contributed by atoms with Crippen LogP contribution in [-0.2, 0) is 14.6 Å². The molecular formula is C17H25ClN2O4S. The average molecular weight is 389 g/mol. The number of fused-ring (bicyclic) bond motifs is 1. The molecule has 25 heavy (non-hydrogen) atoms. The van der Waals surface area contributed by atoms with Crippen molar-refractivity contribution < 1.29 is 17.9 Å². The summed E-state index contributed by atoms with van der Waals surface area (Å²) < 4.78 is 29.2. The Bertz CT molecular complexity index is 717. The van der Waals surface area contributed by atoms with Crippen LogP contribution < -0.4 is 15.4 Å². The third kappa shape index (κ3) is 3.93. The molecule has 3 rings (SSSR count). The van der Waals surface area contributed by atoms with Gasteiger partial charge in [0.2, 0.25) is 5.91 Å². The Morgan fingerprint density at radius 1 is 1.28 bits per heavy atom. The Labute approximate surface area is 155 Å². The topological polar surface area (TPSA) is 84.5 Å². The monoisotopic (exact) mass is 388 g/mol. The first-order valence-electron chi connectivity index (χ1n) is 8.37. The van der Waals surface area contributed by atoms with Gasteiger partial charge in [0.15, 0.2) is 14.6 Å². The first-order chi connectivity index (χ1) is 11.4. The van der Waals surface area contributed by atoms with Gasteiger partial charge in [0.25, 0.3) is 0 Å². The summed E-state index contributed by atoms with van der Waals surface area (Å²) in [5, 5.41) is 6.14. The first-order valence-corrected chi connectivity index (χ1v) is 10.3. The highest BCUT2D eigenvalue weighted by Gasteiger charge is 2.49. The highest BCUT2D eigenvalue weighted by atomic mass is 35.5. The summed E-state index contributed by atoms with van der Waals surface area (Å²) in [5.74, 6) is 0.382. The molecule has 0 spiro atoms. The highest BCUT2D eigenvalue weighted by Crippen LogP contribution is 2.34. The molecule has 1 atom stereocenters. The Morgan fingerprint density at radius 2 is 1.96 bits per heavy atom. The van der Waals surface area contributed by atoms with Gasteiger partial charge in [-0.25, -0.2) is 8.42 Å². The first kappa shape index (κ1) is 20.0. The van der Waals surface area contributed by atoms with E-state index in [-0.39, 0.29) is 24.4 Å². The Kier molecular flexibility index (Phi) is 6.35. The number of halogens is 1. The maximum absolute atomic E-state index is 13.0. The lowest BCUT2D eigenvalue weighted by molar-refractivity contribution is -0.125. The number of rotatable bonds is 3. The van der Waals surface area contributed by atoms with Gasteiger partial charge < -0.3 is 15.4 Å². The number of amides is 1. The fourth-order valence-electron chi connectivity index (χ4n) is 3.56. The molecule has 1 amide bonds. The van der Waals surface area contributed by atoms with Gasteiger partial charge in [0, 0.05) is 11.8 Å². The largest absolute Gasteiger partial charge is 0.493 e. The molecular weight excluding hydrogens is 364 g/mol. The molecule has 0 aromatic heterocycles. The normalized spacial score (nSPS) is 22.5. The second-order valence-corrected chi connectivity index (χ2v) is 8.90. The lowest BCUT2D eigenvalue weighted by Gasteiger charge is -2.35. The van der Waals surface area contributed by atoms with E-state index in [0.717, 1.165) is 24.2 Å². The van der Waals surface area contributed by atoms with Crippen molar-refractivity contribution in [3.8, 4) is 5.75 Å². The van der Waals surface area contributed by atoms with Gasteiger partial charge in [0.05, 0.1) is 12.6 Å². The van der Waals surface area contributed by atoms with Crippen molar-refractivity contribution >= 4 is 28.2 Å². The second-order valence-electron chi connectivity index (χ2n) is 6.57. The van der Waals surface area contributed by atoms with Crippen LogP contribution in [0.5, 0.6) is 5.75 Å². The standard InChI is InChI=1S/C17H24N2O4S.ClH/c1-24(21,22)17(8-10-18-11-9-17)16(20)19-14-6-4-12-23-15-7-3-2-5-13(14)15;/h2-3,5,7,14,18H,4,6,8-12H2,1H3,(H,19,20);1H. The predicted octanol–water partition coefficient (Wildman–Crippen LogP) is 1.61. The quantitative estimate of drug-likeness (QED) is 0.821. The number of sulfone groups is 1. The van der Waals surface area contributed by atoms with Gasteiger partial charge in [-0.3, -0.25) is 4.79 Å². The SMILES string of the molecule is CS(=O)(=O)C1(C(=O)NC2CCCOc3ccccc32)CCNCC1.Cl. The van der Waals surface area contributed by atoms with Crippen molar-refractivity contribution in [1.82, 2.24) is 10.6 Å². The number of carbonyl (C=O) groups is 1. The molecule has 0 bridgehead atoms. The third-order valence-corrected chi connectivity index (χ3v) is 7.04. The zero-order valence-electron chi connectivity index (χ0n) is 14.3. The molecule has 1 saturated heterocycles. The molecule has 2 heterocycles. The number of piperidine rings is 1. The summed E-state index contributed by atoms with van der Waals surface area (Å²) in [5.41, 5.74) is 0.918. The van der Waals surface area contributed by atoms with E-state index < -0.39 is 14.6 Å². The zero-order valence-corrected chi connectivity index (χ0v) is 15.9. The van der Waals surface area contributed by atoms with Crippen LogP contribution in [0.1, 0.15) is 37.3 Å². The van der Waals surface area contributed by atoms with Crippen molar-refractivity contribution in [2.75, 3.05) is 26.0 Å². The smallest absolute Gasteiger partial charge is 0.242 e. The minimum Gasteiger partial charge on any atom is -0.493 e. The zero-order chi connectivity index (χ0) is 17.2. The number of hydrogen-bond acceptors (Lipinski definition) is 5. The van der Waals surface area contributed by atoms with Crippen LogP contribution in [0.15, 0.2) is 24.3 Å². The number of nitrogens with one attached hydrogen (secondary N) is 2. The van der Waals surface area contributed by atoms with E-state index >= 15 is 0 Å². The van der Waals surface area contributed by atoms with Crippen LogP contribution in [-0.4, -0.2) is 45.0 Å². The van der Waals surface area contributed by atoms with Gasteiger partial charge in [-0.15, -0.1) is 12.4 Å². The van der Waals surface area contributed by atoms with Crippen LogP contribution in [0, 0.1) is 0 Å². The van der Waals surface area contributed by atoms with E-state index in [0.29, 0.717) is 32.5 Å². The maximum atomic E-state index is 13.0. The Morgan fingerprint density at radius 3 is 2.64 bits per heavy atom. The van der Waals surface area contributed by atoms with Gasteiger partial charge in [-0.2, -0.15) is 0 Å². The highest BCUT2D eigenvalue weighted by molar-refractivity contribution is 7.92. The second kappa shape index (κ2) is 7.93. The number of ether oxygens (including phenoxy) is 1. The molecule has 1 aromatic carbocycles. The molecule has 2 aliphatic heterocycles. The van der Waals surface area contributed by atoms with Crippen molar-refractivity contribution in [1.29, 1.82) is 0 Å². The van der Waals surface area contributed by atoms with Gasteiger partial charge in [-0.05, 0) is 44.8 Å². The van der Waals surface area contributed by atoms with Crippen LogP contribution in [0.25, 0.3) is 0 Å². The summed E-state index contributed by atoms with van der Waals surface area (Å²) in [7, 11) is -3.51. The summed E-state index contributed by atoms with van der Waals surface area (Å²) in [4.78, 5) is 13.0. The molecule has 0 aliphatic carbocycles. The molecule has 0 saturated carbocycles. The number of para-hydroxylation sites is 1. The van der Waals surface area contributed by atoms with Crippen molar-refractivity contribution in [3.63, 3.8) is 0 Å².